The van der Waals surface area contributed by atoms with Crippen LogP contribution in [0.1, 0.15) is 23.6 Å². The van der Waals surface area contributed by atoms with Crippen LogP contribution in [0, 0.1) is 18.6 Å². The third-order valence-electron chi connectivity index (χ3n) is 4.17. The normalized spacial score (nSPS) is 20.4. The highest BCUT2D eigenvalue weighted by Gasteiger charge is 2.50. The first-order valence-electron chi connectivity index (χ1n) is 7.46. The monoisotopic (exact) mass is 330 g/mol. The molecule has 0 saturated carbocycles. The van der Waals surface area contributed by atoms with Crippen LogP contribution in [0.4, 0.5) is 13.6 Å². The number of hydrogen-bond donors (Lipinski definition) is 1. The van der Waals surface area contributed by atoms with Crippen molar-refractivity contribution in [1.82, 2.24) is 10.2 Å². The molecule has 0 bridgehead atoms. The summed E-state index contributed by atoms with van der Waals surface area (Å²) in [5.41, 5.74) is -0.0406. The van der Waals surface area contributed by atoms with Crippen LogP contribution in [0.3, 0.4) is 0 Å². The molecule has 0 spiro atoms. The Morgan fingerprint density at radius 1 is 1.12 bits per heavy atom. The molecule has 1 aliphatic heterocycles. The summed E-state index contributed by atoms with van der Waals surface area (Å²) < 4.78 is 27.6. The summed E-state index contributed by atoms with van der Waals surface area (Å²) in [5, 5.41) is 2.48. The SMILES string of the molecule is Cc1cccc(CN2C(=O)NC(C)(c3cc(F)ccc3F)C2=O)c1. The van der Waals surface area contributed by atoms with Gasteiger partial charge in [0.25, 0.3) is 5.91 Å². The number of carbonyl (C=O) groups is 2. The van der Waals surface area contributed by atoms with Crippen molar-refractivity contribution in [2.24, 2.45) is 0 Å². The molecule has 1 atom stereocenters. The van der Waals surface area contributed by atoms with Crippen molar-refractivity contribution >= 4 is 11.9 Å². The molecule has 0 aromatic heterocycles. The van der Waals surface area contributed by atoms with Gasteiger partial charge in [-0.05, 0) is 37.6 Å². The van der Waals surface area contributed by atoms with Crippen molar-refractivity contribution in [3.63, 3.8) is 0 Å². The summed E-state index contributed by atoms with van der Waals surface area (Å²) in [7, 11) is 0. The van der Waals surface area contributed by atoms with E-state index >= 15 is 0 Å². The van der Waals surface area contributed by atoms with E-state index in [9.17, 15) is 18.4 Å². The van der Waals surface area contributed by atoms with Crippen LogP contribution in [-0.2, 0) is 16.9 Å². The van der Waals surface area contributed by atoms with Crippen molar-refractivity contribution in [3.8, 4) is 0 Å². The van der Waals surface area contributed by atoms with Crippen LogP contribution in [-0.4, -0.2) is 16.8 Å². The maximum absolute atomic E-state index is 14.1. The van der Waals surface area contributed by atoms with Gasteiger partial charge in [0.1, 0.15) is 17.2 Å². The average Bonchev–Trinajstić information content (AvgIpc) is 2.74. The number of carbonyl (C=O) groups excluding carboxylic acids is 2. The van der Waals surface area contributed by atoms with E-state index in [2.05, 4.69) is 5.32 Å². The Morgan fingerprint density at radius 3 is 2.58 bits per heavy atom. The van der Waals surface area contributed by atoms with Crippen LogP contribution >= 0.6 is 0 Å². The van der Waals surface area contributed by atoms with Gasteiger partial charge in [-0.25, -0.2) is 13.6 Å². The second-order valence-corrected chi connectivity index (χ2v) is 6.06. The number of halogens is 2. The lowest BCUT2D eigenvalue weighted by atomic mass is 9.91. The molecule has 0 aliphatic carbocycles. The van der Waals surface area contributed by atoms with Gasteiger partial charge < -0.3 is 5.32 Å². The number of nitrogens with one attached hydrogen (secondary N) is 1. The minimum atomic E-state index is -1.63. The number of hydrogen-bond acceptors (Lipinski definition) is 2. The molecule has 0 radical (unpaired) electrons. The summed E-state index contributed by atoms with van der Waals surface area (Å²) >= 11 is 0. The van der Waals surface area contributed by atoms with E-state index in [4.69, 9.17) is 0 Å². The fourth-order valence-corrected chi connectivity index (χ4v) is 2.90. The lowest BCUT2D eigenvalue weighted by molar-refractivity contribution is -0.131. The van der Waals surface area contributed by atoms with Crippen LogP contribution < -0.4 is 5.32 Å². The van der Waals surface area contributed by atoms with Gasteiger partial charge in [0.05, 0.1) is 6.54 Å². The Morgan fingerprint density at radius 2 is 1.88 bits per heavy atom. The van der Waals surface area contributed by atoms with E-state index in [-0.39, 0.29) is 12.1 Å². The summed E-state index contributed by atoms with van der Waals surface area (Å²) in [6, 6.07) is 9.60. The van der Waals surface area contributed by atoms with E-state index in [0.29, 0.717) is 0 Å². The maximum atomic E-state index is 14.1. The highest BCUT2D eigenvalue weighted by molar-refractivity contribution is 6.07. The highest BCUT2D eigenvalue weighted by atomic mass is 19.1. The van der Waals surface area contributed by atoms with E-state index < -0.39 is 29.1 Å². The first-order valence-corrected chi connectivity index (χ1v) is 7.46. The lowest BCUT2D eigenvalue weighted by Gasteiger charge is -2.23. The Balaban J connectivity index is 1.95. The third-order valence-corrected chi connectivity index (χ3v) is 4.17. The zero-order valence-corrected chi connectivity index (χ0v) is 13.3. The lowest BCUT2D eigenvalue weighted by Crippen LogP contribution is -2.41. The molecule has 1 N–H and O–H groups in total. The quantitative estimate of drug-likeness (QED) is 0.879. The molecule has 2 aromatic carbocycles. The van der Waals surface area contributed by atoms with E-state index in [1.54, 1.807) is 6.07 Å². The largest absolute Gasteiger partial charge is 0.325 e. The molecular formula is C18H16F2N2O2. The van der Waals surface area contributed by atoms with Crippen molar-refractivity contribution in [1.29, 1.82) is 0 Å². The molecule has 4 nitrogen and oxygen atoms in total. The number of benzene rings is 2. The number of urea groups is 1. The highest BCUT2D eigenvalue weighted by Crippen LogP contribution is 2.32. The van der Waals surface area contributed by atoms with E-state index in [0.717, 1.165) is 34.2 Å². The molecule has 6 heteroatoms. The summed E-state index contributed by atoms with van der Waals surface area (Å²) in [6.45, 7) is 3.35. The van der Waals surface area contributed by atoms with Gasteiger partial charge in [0.15, 0.2) is 0 Å². The molecule has 3 amide bonds. The van der Waals surface area contributed by atoms with Crippen molar-refractivity contribution < 1.29 is 18.4 Å². The van der Waals surface area contributed by atoms with Crippen molar-refractivity contribution in [3.05, 3.63) is 70.8 Å². The van der Waals surface area contributed by atoms with Crippen LogP contribution in [0.2, 0.25) is 0 Å². The number of amides is 3. The van der Waals surface area contributed by atoms with Gasteiger partial charge in [-0.1, -0.05) is 29.8 Å². The molecular weight excluding hydrogens is 314 g/mol. The van der Waals surface area contributed by atoms with Gasteiger partial charge in [-0.15, -0.1) is 0 Å². The predicted molar refractivity (Wildman–Crippen MR) is 84.0 cm³/mol. The van der Waals surface area contributed by atoms with Gasteiger partial charge >= 0.3 is 6.03 Å². The molecule has 24 heavy (non-hydrogen) atoms. The molecule has 1 fully saturated rings. The Kier molecular flexibility index (Phi) is 3.83. The van der Waals surface area contributed by atoms with Gasteiger partial charge in [-0.2, -0.15) is 0 Å². The third kappa shape index (κ3) is 2.64. The van der Waals surface area contributed by atoms with Crippen molar-refractivity contribution in [2.45, 2.75) is 25.9 Å². The Hall–Kier alpha value is -2.76. The minimum Gasteiger partial charge on any atom is -0.319 e. The average molecular weight is 330 g/mol. The van der Waals surface area contributed by atoms with E-state index in [1.807, 2.05) is 25.1 Å². The molecule has 1 heterocycles. The zero-order valence-electron chi connectivity index (χ0n) is 13.3. The first kappa shape index (κ1) is 16.1. The van der Waals surface area contributed by atoms with Crippen LogP contribution in [0.25, 0.3) is 0 Å². The van der Waals surface area contributed by atoms with Gasteiger partial charge in [0, 0.05) is 5.56 Å². The Labute approximate surface area is 138 Å². The predicted octanol–water partition coefficient (Wildman–Crippen LogP) is 3.24. The Bertz CT molecular complexity index is 838. The summed E-state index contributed by atoms with van der Waals surface area (Å²) in [5.74, 6) is -2.03. The van der Waals surface area contributed by atoms with Gasteiger partial charge in [-0.3, -0.25) is 9.69 Å². The van der Waals surface area contributed by atoms with Crippen LogP contribution in [0.15, 0.2) is 42.5 Å². The summed E-state index contributed by atoms with van der Waals surface area (Å²) in [4.78, 5) is 26.0. The van der Waals surface area contributed by atoms with Gasteiger partial charge in [0.2, 0.25) is 0 Å². The zero-order chi connectivity index (χ0) is 17.5. The van der Waals surface area contributed by atoms with Crippen LogP contribution in [0.5, 0.6) is 0 Å². The smallest absolute Gasteiger partial charge is 0.319 e. The number of aryl methyl sites for hydroxylation is 1. The van der Waals surface area contributed by atoms with E-state index in [1.165, 1.54) is 6.92 Å². The number of nitrogens with zero attached hydrogens (tertiary/aromatic N) is 1. The first-order chi connectivity index (χ1) is 11.3. The molecule has 1 aliphatic rings. The number of rotatable bonds is 3. The molecule has 1 unspecified atom stereocenters. The summed E-state index contributed by atoms with van der Waals surface area (Å²) in [6.07, 6.45) is 0. The topological polar surface area (TPSA) is 49.4 Å². The second-order valence-electron chi connectivity index (χ2n) is 6.06. The number of imide groups is 1. The molecule has 1 saturated heterocycles. The molecule has 124 valence electrons. The maximum Gasteiger partial charge on any atom is 0.325 e. The molecule has 2 aromatic rings. The standard InChI is InChI=1S/C18H16F2N2O2/c1-11-4-3-5-12(8-11)10-22-16(23)18(2,21-17(22)24)14-9-13(19)6-7-15(14)20/h3-9H,10H2,1-2H3,(H,21,24). The second kappa shape index (κ2) is 5.70. The fourth-order valence-electron chi connectivity index (χ4n) is 2.90. The fraction of sp³-hybridized carbons (Fsp3) is 0.222. The van der Waals surface area contributed by atoms with Crippen molar-refractivity contribution in [2.75, 3.05) is 0 Å². The minimum absolute atomic E-state index is 0.0683. The molecule has 3 rings (SSSR count).